The van der Waals surface area contributed by atoms with E-state index in [2.05, 4.69) is 28.1 Å². The molecule has 0 radical (unpaired) electrons. The van der Waals surface area contributed by atoms with E-state index in [1.165, 1.54) is 5.56 Å². The molecular formula is C31H39N5O3. The van der Waals surface area contributed by atoms with Gasteiger partial charge in [0, 0.05) is 13.1 Å². The summed E-state index contributed by atoms with van der Waals surface area (Å²) in [6.07, 6.45) is 4.90. The predicted octanol–water partition coefficient (Wildman–Crippen LogP) is 1.69. The van der Waals surface area contributed by atoms with Gasteiger partial charge in [0.1, 0.15) is 6.04 Å². The molecule has 2 aromatic rings. The highest BCUT2D eigenvalue weighted by Gasteiger charge is 2.48. The summed E-state index contributed by atoms with van der Waals surface area (Å²) in [6.45, 7) is 3.38. The minimum Gasteiger partial charge on any atom is -0.369 e. The lowest BCUT2D eigenvalue weighted by Gasteiger charge is -2.33. The first-order chi connectivity index (χ1) is 18.9. The molecule has 2 aromatic carbocycles. The van der Waals surface area contributed by atoms with Gasteiger partial charge in [-0.15, -0.1) is 0 Å². The molecular weight excluding hydrogens is 490 g/mol. The third-order valence-corrected chi connectivity index (χ3v) is 9.56. The molecule has 5 N–H and O–H groups in total. The fraction of sp³-hybridized carbons (Fsp3) is 0.516. The van der Waals surface area contributed by atoms with Crippen molar-refractivity contribution >= 4 is 17.7 Å². The summed E-state index contributed by atoms with van der Waals surface area (Å²) in [7, 11) is 0. The first-order valence-corrected chi connectivity index (χ1v) is 14.4. The number of primary amides is 1. The Morgan fingerprint density at radius 2 is 1.77 bits per heavy atom. The van der Waals surface area contributed by atoms with E-state index in [-0.39, 0.29) is 29.2 Å². The van der Waals surface area contributed by atoms with Gasteiger partial charge in [0.15, 0.2) is 0 Å². The SMILES string of the molecule is NC(=O)[C@@H]1Cc2ccccc2[C@@H]1NC(=O)[C@@H]1C[C@@H](Cc2ccccc2)CN1C(=O)C1CC2(CCNCC2)CN1. The number of amides is 3. The summed E-state index contributed by atoms with van der Waals surface area (Å²) in [5.74, 6) is -0.890. The summed E-state index contributed by atoms with van der Waals surface area (Å²) in [5.41, 5.74) is 9.11. The summed E-state index contributed by atoms with van der Waals surface area (Å²) in [4.78, 5) is 42.1. The molecule has 4 aliphatic rings. The fourth-order valence-corrected chi connectivity index (χ4v) is 7.43. The number of carbonyl (C=O) groups is 3. The topological polar surface area (TPSA) is 117 Å². The number of fused-ring (bicyclic) bond motifs is 1. The van der Waals surface area contributed by atoms with Crippen molar-refractivity contribution in [1.29, 1.82) is 0 Å². The molecule has 8 nitrogen and oxygen atoms in total. The molecule has 3 saturated heterocycles. The van der Waals surface area contributed by atoms with Crippen LogP contribution in [0.2, 0.25) is 0 Å². The molecule has 3 aliphatic heterocycles. The van der Waals surface area contributed by atoms with E-state index in [0.717, 1.165) is 56.4 Å². The Morgan fingerprint density at radius 3 is 2.54 bits per heavy atom. The highest BCUT2D eigenvalue weighted by Crippen LogP contribution is 2.40. The van der Waals surface area contributed by atoms with Gasteiger partial charge in [0.2, 0.25) is 17.7 Å². The molecule has 0 saturated carbocycles. The highest BCUT2D eigenvalue weighted by molar-refractivity contribution is 5.91. The summed E-state index contributed by atoms with van der Waals surface area (Å²) >= 11 is 0. The van der Waals surface area contributed by atoms with Crippen molar-refractivity contribution in [2.45, 2.75) is 56.7 Å². The van der Waals surface area contributed by atoms with Crippen molar-refractivity contribution in [1.82, 2.24) is 20.9 Å². The number of hydrogen-bond acceptors (Lipinski definition) is 5. The van der Waals surface area contributed by atoms with Gasteiger partial charge < -0.3 is 26.6 Å². The van der Waals surface area contributed by atoms with Crippen LogP contribution in [-0.4, -0.2) is 60.9 Å². The van der Waals surface area contributed by atoms with Crippen LogP contribution in [0.15, 0.2) is 54.6 Å². The third-order valence-electron chi connectivity index (χ3n) is 9.56. The monoisotopic (exact) mass is 529 g/mol. The van der Waals surface area contributed by atoms with Crippen molar-refractivity contribution in [3.05, 3.63) is 71.3 Å². The quantitative estimate of drug-likeness (QED) is 0.455. The van der Waals surface area contributed by atoms with Gasteiger partial charge in [-0.2, -0.15) is 0 Å². The van der Waals surface area contributed by atoms with Gasteiger partial charge in [-0.3, -0.25) is 14.4 Å². The Bertz CT molecular complexity index is 1230. The predicted molar refractivity (Wildman–Crippen MR) is 148 cm³/mol. The van der Waals surface area contributed by atoms with Crippen molar-refractivity contribution in [2.24, 2.45) is 23.0 Å². The molecule has 5 atom stereocenters. The first kappa shape index (κ1) is 26.0. The standard InChI is InChI=1S/C31H39N5O3/c32-28(37)24-16-22-8-4-5-9-23(22)27(24)35-29(38)26-15-21(14-20-6-2-1-3-7-20)18-36(26)30(39)25-17-31(19-34-25)10-12-33-13-11-31/h1-9,21,24-27,33-34H,10-19H2,(H2,32,37)(H,35,38)/t21-,24-,25?,26+,27+/m1/s1. The van der Waals surface area contributed by atoms with Gasteiger partial charge in [0.05, 0.1) is 18.0 Å². The second kappa shape index (κ2) is 10.7. The van der Waals surface area contributed by atoms with Crippen LogP contribution in [0.3, 0.4) is 0 Å². The maximum absolute atomic E-state index is 14.0. The Balaban J connectivity index is 1.22. The van der Waals surface area contributed by atoms with Crippen molar-refractivity contribution in [3.63, 3.8) is 0 Å². The zero-order valence-electron chi connectivity index (χ0n) is 22.4. The molecule has 0 bridgehead atoms. The Hall–Kier alpha value is -3.23. The average molecular weight is 530 g/mol. The number of nitrogens with zero attached hydrogens (tertiary/aromatic N) is 1. The summed E-state index contributed by atoms with van der Waals surface area (Å²) in [6, 6.07) is 16.8. The molecule has 8 heteroatoms. The number of likely N-dealkylation sites (tertiary alicyclic amines) is 1. The van der Waals surface area contributed by atoms with E-state index in [4.69, 9.17) is 5.73 Å². The van der Waals surface area contributed by atoms with Crippen LogP contribution in [0.1, 0.15) is 48.4 Å². The maximum Gasteiger partial charge on any atom is 0.243 e. The van der Waals surface area contributed by atoms with Crippen molar-refractivity contribution in [2.75, 3.05) is 26.2 Å². The third kappa shape index (κ3) is 5.20. The molecule has 3 amide bonds. The van der Waals surface area contributed by atoms with E-state index in [1.807, 2.05) is 47.4 Å². The number of carbonyl (C=O) groups excluding carboxylic acids is 3. The average Bonchev–Trinajstić information content (AvgIpc) is 3.66. The van der Waals surface area contributed by atoms with Gasteiger partial charge in [-0.05, 0) is 79.6 Å². The van der Waals surface area contributed by atoms with Crippen LogP contribution < -0.4 is 21.7 Å². The molecule has 3 heterocycles. The normalized spacial score (nSPS) is 29.3. The van der Waals surface area contributed by atoms with Crippen LogP contribution >= 0.6 is 0 Å². The zero-order chi connectivity index (χ0) is 27.0. The lowest BCUT2D eigenvalue weighted by atomic mass is 9.77. The second-order valence-corrected chi connectivity index (χ2v) is 12.1. The zero-order valence-corrected chi connectivity index (χ0v) is 22.4. The largest absolute Gasteiger partial charge is 0.369 e. The van der Waals surface area contributed by atoms with E-state index in [0.29, 0.717) is 19.4 Å². The molecule has 39 heavy (non-hydrogen) atoms. The van der Waals surface area contributed by atoms with E-state index in [9.17, 15) is 14.4 Å². The Morgan fingerprint density at radius 1 is 1.03 bits per heavy atom. The van der Waals surface area contributed by atoms with Crippen LogP contribution in [0, 0.1) is 17.3 Å². The lowest BCUT2D eigenvalue weighted by molar-refractivity contribution is -0.140. The fourth-order valence-electron chi connectivity index (χ4n) is 7.43. The molecule has 6 rings (SSSR count). The number of hydrogen-bond donors (Lipinski definition) is 4. The van der Waals surface area contributed by atoms with Gasteiger partial charge in [0.25, 0.3) is 0 Å². The van der Waals surface area contributed by atoms with Crippen molar-refractivity contribution < 1.29 is 14.4 Å². The molecule has 206 valence electrons. The Labute approximate surface area is 230 Å². The highest BCUT2D eigenvalue weighted by atomic mass is 16.2. The van der Waals surface area contributed by atoms with Crippen LogP contribution in [0.4, 0.5) is 0 Å². The molecule has 0 aromatic heterocycles. The van der Waals surface area contributed by atoms with E-state index in [1.54, 1.807) is 0 Å². The van der Waals surface area contributed by atoms with Crippen molar-refractivity contribution in [3.8, 4) is 0 Å². The molecule has 1 spiro atoms. The maximum atomic E-state index is 14.0. The number of nitrogens with one attached hydrogen (secondary N) is 3. The summed E-state index contributed by atoms with van der Waals surface area (Å²) < 4.78 is 0. The van der Waals surface area contributed by atoms with Crippen LogP contribution in [0.25, 0.3) is 0 Å². The molecule has 3 fully saturated rings. The number of piperidine rings is 1. The molecule has 1 unspecified atom stereocenters. The Kier molecular flexibility index (Phi) is 7.16. The minimum atomic E-state index is -0.570. The van der Waals surface area contributed by atoms with Gasteiger partial charge in [-0.25, -0.2) is 0 Å². The van der Waals surface area contributed by atoms with Gasteiger partial charge >= 0.3 is 0 Å². The van der Waals surface area contributed by atoms with Crippen LogP contribution in [0.5, 0.6) is 0 Å². The minimum absolute atomic E-state index is 0.0272. The smallest absolute Gasteiger partial charge is 0.243 e. The van der Waals surface area contributed by atoms with E-state index < -0.39 is 23.9 Å². The lowest BCUT2D eigenvalue weighted by Crippen LogP contribution is -2.52. The number of benzene rings is 2. The number of nitrogens with two attached hydrogens (primary N) is 1. The second-order valence-electron chi connectivity index (χ2n) is 12.1. The first-order valence-electron chi connectivity index (χ1n) is 14.4. The van der Waals surface area contributed by atoms with Gasteiger partial charge in [-0.1, -0.05) is 54.6 Å². The van der Waals surface area contributed by atoms with E-state index >= 15 is 0 Å². The molecule has 1 aliphatic carbocycles. The summed E-state index contributed by atoms with van der Waals surface area (Å²) in [5, 5.41) is 10.1. The number of rotatable bonds is 6. The van der Waals surface area contributed by atoms with Crippen LogP contribution in [-0.2, 0) is 27.2 Å².